The number of hydrogen-bond acceptors (Lipinski definition) is 4. The predicted octanol–water partition coefficient (Wildman–Crippen LogP) is 4.57. The van der Waals surface area contributed by atoms with E-state index in [1.54, 1.807) is 7.11 Å². The van der Waals surface area contributed by atoms with Crippen LogP contribution in [-0.2, 0) is 4.79 Å². The third-order valence-electron chi connectivity index (χ3n) is 4.41. The second kappa shape index (κ2) is 8.48. The van der Waals surface area contributed by atoms with E-state index in [1.165, 1.54) is 11.8 Å². The van der Waals surface area contributed by atoms with Gasteiger partial charge in [0.15, 0.2) is 0 Å². The summed E-state index contributed by atoms with van der Waals surface area (Å²) in [6.07, 6.45) is 0. The molecule has 2 aromatic carbocycles. The number of rotatable bonds is 7. The van der Waals surface area contributed by atoms with Gasteiger partial charge in [-0.15, -0.1) is 11.8 Å². The molecule has 0 bridgehead atoms. The minimum Gasteiger partial charge on any atom is -0.497 e. The lowest BCUT2D eigenvalue weighted by molar-refractivity contribution is -0.121. The lowest BCUT2D eigenvalue weighted by Crippen LogP contribution is -2.37. The fourth-order valence-electron chi connectivity index (χ4n) is 2.85. The first kappa shape index (κ1) is 19.3. The summed E-state index contributed by atoms with van der Waals surface area (Å²) in [5.74, 6) is 1.81. The lowest BCUT2D eigenvalue weighted by atomic mass is 10.0. The third-order valence-corrected chi connectivity index (χ3v) is 5.52. The van der Waals surface area contributed by atoms with Crippen molar-refractivity contribution in [1.82, 2.24) is 15.3 Å². The number of ether oxygens (including phenoxy) is 1. The molecule has 1 aromatic heterocycles. The van der Waals surface area contributed by atoms with Crippen LogP contribution in [0.5, 0.6) is 5.75 Å². The Bertz CT molecular complexity index is 872. The van der Waals surface area contributed by atoms with Crippen LogP contribution in [0.3, 0.4) is 0 Å². The summed E-state index contributed by atoms with van der Waals surface area (Å²) in [6, 6.07) is 15.5. The molecule has 2 unspecified atom stereocenters. The van der Waals surface area contributed by atoms with Gasteiger partial charge in [0.25, 0.3) is 0 Å². The molecule has 1 amide bonds. The number of nitrogens with one attached hydrogen (secondary N) is 2. The summed E-state index contributed by atoms with van der Waals surface area (Å²) in [5, 5.41) is 2.94. The Labute approximate surface area is 163 Å². The van der Waals surface area contributed by atoms with Gasteiger partial charge in [-0.05, 0) is 49.2 Å². The van der Waals surface area contributed by atoms with Crippen molar-refractivity contribution in [3.63, 3.8) is 0 Å². The average molecular weight is 384 g/mol. The highest BCUT2D eigenvalue weighted by atomic mass is 32.2. The minimum atomic E-state index is -0.218. The Morgan fingerprint density at radius 3 is 2.44 bits per heavy atom. The highest BCUT2D eigenvalue weighted by Crippen LogP contribution is 2.27. The number of thioether (sulfide) groups is 1. The summed E-state index contributed by atoms with van der Waals surface area (Å²) < 4.78 is 5.18. The van der Waals surface area contributed by atoms with Crippen molar-refractivity contribution in [2.24, 2.45) is 5.92 Å². The fraction of sp³-hybridized carbons (Fsp3) is 0.333. The van der Waals surface area contributed by atoms with Gasteiger partial charge < -0.3 is 15.0 Å². The van der Waals surface area contributed by atoms with Gasteiger partial charge in [0, 0.05) is 4.90 Å². The Hall–Kier alpha value is -2.47. The van der Waals surface area contributed by atoms with Gasteiger partial charge in [-0.1, -0.05) is 26.0 Å². The Balaban J connectivity index is 1.70. The molecule has 0 aliphatic carbocycles. The number of aromatic nitrogens is 2. The molecule has 0 spiro atoms. The maximum atomic E-state index is 12.8. The molecular formula is C21H25N3O2S. The van der Waals surface area contributed by atoms with E-state index in [2.05, 4.69) is 29.1 Å². The quantitative estimate of drug-likeness (QED) is 0.587. The van der Waals surface area contributed by atoms with E-state index in [0.717, 1.165) is 27.5 Å². The first-order valence-electron chi connectivity index (χ1n) is 9.03. The normalized spacial score (nSPS) is 13.5. The molecule has 0 fully saturated rings. The molecule has 6 heteroatoms. The first-order chi connectivity index (χ1) is 13.0. The molecule has 2 atom stereocenters. The van der Waals surface area contributed by atoms with Crippen LogP contribution in [0.1, 0.15) is 32.6 Å². The topological polar surface area (TPSA) is 67.0 Å². The minimum absolute atomic E-state index is 0.00465. The van der Waals surface area contributed by atoms with Crippen LogP contribution in [-0.4, -0.2) is 28.2 Å². The van der Waals surface area contributed by atoms with Crippen LogP contribution < -0.4 is 10.1 Å². The number of carbonyl (C=O) groups is 1. The highest BCUT2D eigenvalue weighted by Gasteiger charge is 2.24. The van der Waals surface area contributed by atoms with E-state index < -0.39 is 0 Å². The van der Waals surface area contributed by atoms with E-state index in [4.69, 9.17) is 4.74 Å². The number of aromatic amines is 1. The number of amides is 1. The summed E-state index contributed by atoms with van der Waals surface area (Å²) >= 11 is 1.53. The van der Waals surface area contributed by atoms with Gasteiger partial charge in [-0.3, -0.25) is 4.79 Å². The van der Waals surface area contributed by atoms with Gasteiger partial charge in [0.05, 0.1) is 29.4 Å². The van der Waals surface area contributed by atoms with Crippen LogP contribution in [0.25, 0.3) is 11.0 Å². The Morgan fingerprint density at radius 2 is 1.81 bits per heavy atom. The van der Waals surface area contributed by atoms with Crippen molar-refractivity contribution in [2.75, 3.05) is 7.11 Å². The molecule has 0 aliphatic heterocycles. The number of fused-ring (bicyclic) bond motifs is 1. The monoisotopic (exact) mass is 383 g/mol. The number of benzene rings is 2. The van der Waals surface area contributed by atoms with E-state index in [0.29, 0.717) is 0 Å². The molecule has 3 rings (SSSR count). The number of H-pyrrole nitrogens is 1. The number of methoxy groups -OCH3 is 1. The maximum Gasteiger partial charge on any atom is 0.233 e. The zero-order chi connectivity index (χ0) is 19.4. The van der Waals surface area contributed by atoms with Crippen molar-refractivity contribution in [3.8, 4) is 5.75 Å². The summed E-state index contributed by atoms with van der Waals surface area (Å²) in [6.45, 7) is 6.08. The van der Waals surface area contributed by atoms with Crippen molar-refractivity contribution in [3.05, 3.63) is 54.4 Å². The molecule has 0 saturated carbocycles. The van der Waals surface area contributed by atoms with Crippen LogP contribution in [0.4, 0.5) is 0 Å². The third kappa shape index (κ3) is 4.63. The molecule has 2 N–H and O–H groups in total. The molecule has 5 nitrogen and oxygen atoms in total. The molecule has 1 heterocycles. The average Bonchev–Trinajstić information content (AvgIpc) is 3.09. The Morgan fingerprint density at radius 1 is 1.11 bits per heavy atom. The van der Waals surface area contributed by atoms with Crippen molar-refractivity contribution in [2.45, 2.75) is 37.0 Å². The fourth-order valence-corrected chi connectivity index (χ4v) is 3.73. The Kier molecular flexibility index (Phi) is 6.06. The molecule has 0 radical (unpaired) electrons. The predicted molar refractivity (Wildman–Crippen MR) is 110 cm³/mol. The highest BCUT2D eigenvalue weighted by molar-refractivity contribution is 8.00. The van der Waals surface area contributed by atoms with E-state index in [1.807, 2.05) is 55.5 Å². The van der Waals surface area contributed by atoms with E-state index in [9.17, 15) is 4.79 Å². The summed E-state index contributed by atoms with van der Waals surface area (Å²) in [7, 11) is 1.64. The van der Waals surface area contributed by atoms with Gasteiger partial charge in [-0.25, -0.2) is 4.98 Å². The molecular weight excluding hydrogens is 358 g/mol. The van der Waals surface area contributed by atoms with Gasteiger partial charge >= 0.3 is 0 Å². The molecule has 142 valence electrons. The smallest absolute Gasteiger partial charge is 0.233 e. The zero-order valence-corrected chi connectivity index (χ0v) is 16.8. The lowest BCUT2D eigenvalue weighted by Gasteiger charge is -2.22. The van der Waals surface area contributed by atoms with Crippen molar-refractivity contribution >= 4 is 28.7 Å². The zero-order valence-electron chi connectivity index (χ0n) is 16.0. The van der Waals surface area contributed by atoms with Gasteiger partial charge in [0.1, 0.15) is 11.6 Å². The SMILES string of the molecule is COc1ccc(SC(C)C(=O)NC(c2nc3ccccc3[nH]2)C(C)C)cc1. The second-order valence-electron chi connectivity index (χ2n) is 6.81. The maximum absolute atomic E-state index is 12.8. The second-order valence-corrected chi connectivity index (χ2v) is 8.22. The van der Waals surface area contributed by atoms with Crippen molar-refractivity contribution < 1.29 is 9.53 Å². The van der Waals surface area contributed by atoms with Crippen LogP contribution in [0.2, 0.25) is 0 Å². The number of nitrogens with zero attached hydrogens (tertiary/aromatic N) is 1. The van der Waals surface area contributed by atoms with Gasteiger partial charge in [-0.2, -0.15) is 0 Å². The van der Waals surface area contributed by atoms with Crippen molar-refractivity contribution in [1.29, 1.82) is 0 Å². The first-order valence-corrected chi connectivity index (χ1v) is 9.91. The molecule has 0 saturated heterocycles. The molecule has 27 heavy (non-hydrogen) atoms. The summed E-state index contributed by atoms with van der Waals surface area (Å²) in [4.78, 5) is 21.8. The number of hydrogen-bond donors (Lipinski definition) is 2. The standard InChI is InChI=1S/C21H25N3O2S/c1-13(2)19(20-22-17-7-5-6-8-18(17)23-20)24-21(25)14(3)27-16-11-9-15(26-4)10-12-16/h5-14,19H,1-4H3,(H,22,23)(H,24,25). The van der Waals surface area contributed by atoms with E-state index in [-0.39, 0.29) is 23.1 Å². The number of carbonyl (C=O) groups excluding carboxylic acids is 1. The largest absolute Gasteiger partial charge is 0.497 e. The van der Waals surface area contributed by atoms with E-state index >= 15 is 0 Å². The van der Waals surface area contributed by atoms with Crippen LogP contribution in [0.15, 0.2) is 53.4 Å². The molecule has 0 aliphatic rings. The number of imidazole rings is 1. The van der Waals surface area contributed by atoms with Gasteiger partial charge in [0.2, 0.25) is 5.91 Å². The number of para-hydroxylation sites is 2. The van der Waals surface area contributed by atoms with Crippen LogP contribution in [0, 0.1) is 5.92 Å². The molecule has 3 aromatic rings. The van der Waals surface area contributed by atoms with Crippen LogP contribution >= 0.6 is 11.8 Å². The summed E-state index contributed by atoms with van der Waals surface area (Å²) in [5.41, 5.74) is 1.89.